The van der Waals surface area contributed by atoms with E-state index in [0.717, 1.165) is 11.3 Å². The van der Waals surface area contributed by atoms with Gasteiger partial charge in [-0.2, -0.15) is 4.31 Å². The van der Waals surface area contributed by atoms with Gasteiger partial charge in [-0.15, -0.1) is 11.3 Å². The van der Waals surface area contributed by atoms with Crippen molar-refractivity contribution < 1.29 is 13.5 Å². The fourth-order valence-electron chi connectivity index (χ4n) is 1.85. The van der Waals surface area contributed by atoms with Crippen molar-refractivity contribution in [3.63, 3.8) is 0 Å². The van der Waals surface area contributed by atoms with Crippen LogP contribution in [-0.4, -0.2) is 29.9 Å². The molecule has 0 amide bonds. The number of phenols is 1. The lowest BCUT2D eigenvalue weighted by Gasteiger charge is -2.24. The van der Waals surface area contributed by atoms with Crippen LogP contribution in [0.15, 0.2) is 34.7 Å². The van der Waals surface area contributed by atoms with Crippen molar-refractivity contribution in [2.24, 2.45) is 0 Å². The molecule has 0 spiro atoms. The molecule has 1 unspecified atom stereocenters. The van der Waals surface area contributed by atoms with E-state index in [2.05, 4.69) is 4.98 Å². The molecular formula is C13H16N2O3S2. The van der Waals surface area contributed by atoms with Crippen LogP contribution in [0.1, 0.15) is 23.5 Å². The molecule has 0 fully saturated rings. The summed E-state index contributed by atoms with van der Waals surface area (Å²) in [6.45, 7) is 3.50. The highest BCUT2D eigenvalue weighted by Crippen LogP contribution is 2.32. The predicted molar refractivity (Wildman–Crippen MR) is 78.3 cm³/mol. The third-order valence-electron chi connectivity index (χ3n) is 3.17. The first-order chi connectivity index (χ1) is 9.34. The summed E-state index contributed by atoms with van der Waals surface area (Å²) in [5.41, 5.74) is 0.569. The standard InChI is InChI=1S/C13H16N2O3S2/c1-9(11-6-4-5-7-12(11)16)15(3)20(17,18)13-8-14-10(2)19-13/h4-9,16H,1-3H3. The summed E-state index contributed by atoms with van der Waals surface area (Å²) in [4.78, 5) is 3.98. The molecule has 0 aliphatic heterocycles. The Balaban J connectivity index is 2.36. The summed E-state index contributed by atoms with van der Waals surface area (Å²) in [6.07, 6.45) is 1.36. The molecule has 1 atom stereocenters. The van der Waals surface area contributed by atoms with E-state index >= 15 is 0 Å². The van der Waals surface area contributed by atoms with Crippen molar-refractivity contribution in [3.8, 4) is 5.75 Å². The molecular weight excluding hydrogens is 296 g/mol. The van der Waals surface area contributed by atoms with Crippen molar-refractivity contribution in [2.75, 3.05) is 7.05 Å². The van der Waals surface area contributed by atoms with Crippen LogP contribution in [0.2, 0.25) is 0 Å². The second kappa shape index (κ2) is 5.51. The number of hydrogen-bond acceptors (Lipinski definition) is 5. The van der Waals surface area contributed by atoms with Crippen LogP contribution in [0.25, 0.3) is 0 Å². The first-order valence-electron chi connectivity index (χ1n) is 6.02. The molecule has 1 aromatic carbocycles. The molecule has 0 bridgehead atoms. The fraction of sp³-hybridized carbons (Fsp3) is 0.308. The Morgan fingerprint density at radius 2 is 2.00 bits per heavy atom. The number of aryl methyl sites for hydroxylation is 1. The highest BCUT2D eigenvalue weighted by molar-refractivity contribution is 7.91. The van der Waals surface area contributed by atoms with Gasteiger partial charge in [-0.1, -0.05) is 18.2 Å². The smallest absolute Gasteiger partial charge is 0.254 e. The van der Waals surface area contributed by atoms with Gasteiger partial charge in [-0.3, -0.25) is 0 Å². The average Bonchev–Trinajstić information content (AvgIpc) is 2.85. The van der Waals surface area contributed by atoms with Crippen LogP contribution in [0.3, 0.4) is 0 Å². The molecule has 2 aromatic rings. The van der Waals surface area contributed by atoms with Crippen LogP contribution in [0.4, 0.5) is 0 Å². The molecule has 0 saturated heterocycles. The lowest BCUT2D eigenvalue weighted by Crippen LogP contribution is -2.29. The first-order valence-corrected chi connectivity index (χ1v) is 8.28. The average molecular weight is 312 g/mol. The van der Waals surface area contributed by atoms with Gasteiger partial charge in [-0.05, 0) is 19.9 Å². The van der Waals surface area contributed by atoms with Crippen molar-refractivity contribution >= 4 is 21.4 Å². The van der Waals surface area contributed by atoms with Crippen molar-refractivity contribution in [2.45, 2.75) is 24.1 Å². The highest BCUT2D eigenvalue weighted by atomic mass is 32.2. The van der Waals surface area contributed by atoms with Gasteiger partial charge in [0.2, 0.25) is 0 Å². The van der Waals surface area contributed by atoms with Crippen LogP contribution < -0.4 is 0 Å². The van der Waals surface area contributed by atoms with E-state index in [4.69, 9.17) is 0 Å². The minimum atomic E-state index is -3.60. The number of thiazole rings is 1. The Hall–Kier alpha value is -1.44. The number of benzene rings is 1. The normalized spacial score (nSPS) is 13.6. The summed E-state index contributed by atoms with van der Waals surface area (Å²) < 4.78 is 26.4. The van der Waals surface area contributed by atoms with E-state index in [1.807, 2.05) is 0 Å². The van der Waals surface area contributed by atoms with Crippen molar-refractivity contribution in [3.05, 3.63) is 41.0 Å². The van der Waals surface area contributed by atoms with E-state index in [1.165, 1.54) is 17.5 Å². The lowest BCUT2D eigenvalue weighted by atomic mass is 10.1. The number of para-hydroxylation sites is 1. The second-order valence-corrected chi connectivity index (χ2v) is 7.91. The number of aromatic hydroxyl groups is 1. The van der Waals surface area contributed by atoms with Gasteiger partial charge >= 0.3 is 0 Å². The van der Waals surface area contributed by atoms with Gasteiger partial charge in [0.05, 0.1) is 17.2 Å². The number of rotatable bonds is 4. The topological polar surface area (TPSA) is 70.5 Å². The summed E-state index contributed by atoms with van der Waals surface area (Å²) in [5.74, 6) is 0.0857. The molecule has 0 aliphatic rings. The Morgan fingerprint density at radius 1 is 1.35 bits per heavy atom. The minimum Gasteiger partial charge on any atom is -0.508 e. The van der Waals surface area contributed by atoms with Crippen molar-refractivity contribution in [1.29, 1.82) is 0 Å². The van der Waals surface area contributed by atoms with Gasteiger partial charge in [0.1, 0.15) is 5.75 Å². The molecule has 0 aliphatic carbocycles. The molecule has 20 heavy (non-hydrogen) atoms. The largest absolute Gasteiger partial charge is 0.508 e. The Bertz CT molecular complexity index is 710. The van der Waals surface area contributed by atoms with Gasteiger partial charge in [0.25, 0.3) is 10.0 Å². The van der Waals surface area contributed by atoms with E-state index < -0.39 is 16.1 Å². The van der Waals surface area contributed by atoms with Crippen LogP contribution >= 0.6 is 11.3 Å². The van der Waals surface area contributed by atoms with Gasteiger partial charge in [0.15, 0.2) is 4.21 Å². The SMILES string of the molecule is Cc1ncc(S(=O)(=O)N(C)C(C)c2ccccc2O)s1. The third-order valence-corrected chi connectivity index (χ3v) is 6.44. The first kappa shape index (κ1) is 15.0. The maximum absolute atomic E-state index is 12.5. The van der Waals surface area contributed by atoms with Gasteiger partial charge in [0, 0.05) is 12.6 Å². The summed E-state index contributed by atoms with van der Waals surface area (Å²) in [6, 6.07) is 6.26. The maximum atomic E-state index is 12.5. The zero-order valence-electron chi connectivity index (χ0n) is 11.4. The number of sulfonamides is 1. The number of aromatic nitrogens is 1. The number of hydrogen-bond donors (Lipinski definition) is 1. The summed E-state index contributed by atoms with van der Waals surface area (Å²) >= 11 is 1.14. The second-order valence-electron chi connectivity index (χ2n) is 4.45. The van der Waals surface area contributed by atoms with Crippen LogP contribution in [0.5, 0.6) is 5.75 Å². The van der Waals surface area contributed by atoms with Crippen LogP contribution in [0, 0.1) is 6.92 Å². The summed E-state index contributed by atoms with van der Waals surface area (Å²) in [5, 5.41) is 10.5. The number of nitrogens with zero attached hydrogens (tertiary/aromatic N) is 2. The number of phenolic OH excluding ortho intramolecular Hbond substituents is 1. The zero-order chi connectivity index (χ0) is 14.9. The zero-order valence-corrected chi connectivity index (χ0v) is 13.1. The monoisotopic (exact) mass is 312 g/mol. The van der Waals surface area contributed by atoms with E-state index in [-0.39, 0.29) is 9.96 Å². The van der Waals surface area contributed by atoms with Gasteiger partial charge < -0.3 is 5.11 Å². The molecule has 1 heterocycles. The van der Waals surface area contributed by atoms with E-state index in [9.17, 15) is 13.5 Å². The Morgan fingerprint density at radius 3 is 2.55 bits per heavy atom. The van der Waals surface area contributed by atoms with E-state index in [1.54, 1.807) is 38.1 Å². The van der Waals surface area contributed by atoms with E-state index in [0.29, 0.717) is 10.6 Å². The predicted octanol–water partition coefficient (Wildman–Crippen LogP) is 2.54. The third kappa shape index (κ3) is 2.70. The molecule has 2 rings (SSSR count). The molecule has 5 nitrogen and oxygen atoms in total. The molecule has 1 aromatic heterocycles. The molecule has 0 radical (unpaired) electrons. The van der Waals surface area contributed by atoms with Crippen molar-refractivity contribution in [1.82, 2.24) is 9.29 Å². The lowest BCUT2D eigenvalue weighted by molar-refractivity contribution is 0.382. The molecule has 0 saturated carbocycles. The maximum Gasteiger partial charge on any atom is 0.254 e. The Kier molecular flexibility index (Phi) is 4.12. The highest BCUT2D eigenvalue weighted by Gasteiger charge is 2.29. The Labute approximate surface area is 122 Å². The summed E-state index contributed by atoms with van der Waals surface area (Å²) in [7, 11) is -2.10. The molecule has 108 valence electrons. The minimum absolute atomic E-state index is 0.0857. The van der Waals surface area contributed by atoms with Crippen LogP contribution in [-0.2, 0) is 10.0 Å². The molecule has 1 N–H and O–H groups in total. The fourth-order valence-corrected chi connectivity index (χ4v) is 4.49. The quantitative estimate of drug-likeness (QED) is 0.942. The molecule has 7 heteroatoms. The van der Waals surface area contributed by atoms with Gasteiger partial charge in [-0.25, -0.2) is 13.4 Å².